The molecule has 1 aromatic heterocycles. The van der Waals surface area contributed by atoms with E-state index in [0.29, 0.717) is 0 Å². The van der Waals surface area contributed by atoms with E-state index in [9.17, 15) is 0 Å². The second-order valence-electron chi connectivity index (χ2n) is 3.40. The first-order chi connectivity index (χ1) is 7.19. The van der Waals surface area contributed by atoms with Gasteiger partial charge in [0, 0.05) is 18.4 Å². The van der Waals surface area contributed by atoms with Gasteiger partial charge in [-0.25, -0.2) is 4.98 Å². The van der Waals surface area contributed by atoms with Gasteiger partial charge in [-0.3, -0.25) is 0 Å². The number of rotatable bonds is 5. The van der Waals surface area contributed by atoms with Crippen LogP contribution >= 0.6 is 15.9 Å². The van der Waals surface area contributed by atoms with Crippen molar-refractivity contribution in [1.29, 1.82) is 0 Å². The lowest BCUT2D eigenvalue weighted by atomic mass is 10.4. The van der Waals surface area contributed by atoms with Crippen LogP contribution in [0.1, 0.15) is 24.7 Å². The van der Waals surface area contributed by atoms with Crippen LogP contribution in [0.4, 0.5) is 5.95 Å². The second-order valence-corrected chi connectivity index (χ2v) is 4.20. The molecule has 0 saturated carbocycles. The zero-order chi connectivity index (χ0) is 11.3. The van der Waals surface area contributed by atoms with E-state index in [1.165, 1.54) is 0 Å². The van der Waals surface area contributed by atoms with Gasteiger partial charge in [-0.05, 0) is 27.2 Å². The van der Waals surface area contributed by atoms with E-state index in [-0.39, 0.29) is 0 Å². The highest BCUT2D eigenvalue weighted by atomic mass is 79.9. The van der Waals surface area contributed by atoms with Gasteiger partial charge in [0.15, 0.2) is 0 Å². The zero-order valence-corrected chi connectivity index (χ0v) is 11.1. The molecule has 15 heavy (non-hydrogen) atoms. The summed E-state index contributed by atoms with van der Waals surface area (Å²) in [7, 11) is 0. The molecule has 0 N–H and O–H groups in total. The van der Waals surface area contributed by atoms with Crippen molar-refractivity contribution in [1.82, 2.24) is 15.2 Å². The smallest absolute Gasteiger partial charge is 0.245 e. The van der Waals surface area contributed by atoms with E-state index in [1.54, 1.807) is 0 Å². The quantitative estimate of drug-likeness (QED) is 0.770. The topological polar surface area (TPSA) is 41.9 Å². The minimum atomic E-state index is 0.738. The van der Waals surface area contributed by atoms with Crippen molar-refractivity contribution in [2.75, 3.05) is 23.3 Å². The average Bonchev–Trinajstić information content (AvgIpc) is 2.24. The van der Waals surface area contributed by atoms with Gasteiger partial charge in [0.2, 0.25) is 5.95 Å². The molecule has 5 heteroatoms. The lowest BCUT2D eigenvalue weighted by molar-refractivity contribution is 0.740. The lowest BCUT2D eigenvalue weighted by Gasteiger charge is -2.19. The lowest BCUT2D eigenvalue weighted by Crippen LogP contribution is -2.27. The molecule has 4 nitrogen and oxygen atoms in total. The molecule has 0 aliphatic heterocycles. The van der Waals surface area contributed by atoms with Crippen LogP contribution in [0.2, 0.25) is 0 Å². The minimum Gasteiger partial charge on any atom is -0.340 e. The highest BCUT2D eigenvalue weighted by Crippen LogP contribution is 2.08. The maximum atomic E-state index is 4.43. The van der Waals surface area contributed by atoms with E-state index >= 15 is 0 Å². The van der Waals surface area contributed by atoms with Crippen LogP contribution in [0.15, 0.2) is 0 Å². The molecule has 0 bridgehead atoms. The first-order valence-electron chi connectivity index (χ1n) is 5.17. The summed E-state index contributed by atoms with van der Waals surface area (Å²) in [4.78, 5) is 6.57. The number of alkyl halides is 1. The van der Waals surface area contributed by atoms with Gasteiger partial charge in [0.1, 0.15) is 0 Å². The van der Waals surface area contributed by atoms with Crippen molar-refractivity contribution in [3.63, 3.8) is 0 Å². The van der Waals surface area contributed by atoms with Crippen molar-refractivity contribution in [2.24, 2.45) is 0 Å². The highest BCUT2D eigenvalue weighted by molar-refractivity contribution is 9.09. The van der Waals surface area contributed by atoms with Crippen LogP contribution < -0.4 is 4.90 Å². The van der Waals surface area contributed by atoms with Crippen molar-refractivity contribution in [2.45, 2.75) is 27.2 Å². The standard InChI is InChI=1S/C10H17BrN4/c1-4-15(7-5-6-11)10-12-8(2)9(3)13-14-10/h4-7H2,1-3H3. The number of anilines is 1. The third kappa shape index (κ3) is 3.41. The molecule has 1 aromatic rings. The second kappa shape index (κ2) is 6.00. The maximum Gasteiger partial charge on any atom is 0.245 e. The molecule has 1 rings (SSSR count). The third-order valence-corrected chi connectivity index (χ3v) is 2.87. The van der Waals surface area contributed by atoms with Crippen LogP contribution in [0.25, 0.3) is 0 Å². The summed E-state index contributed by atoms with van der Waals surface area (Å²) in [6.45, 7) is 7.87. The summed E-state index contributed by atoms with van der Waals surface area (Å²) < 4.78 is 0. The molecule has 0 aliphatic rings. The summed E-state index contributed by atoms with van der Waals surface area (Å²) in [5.74, 6) is 0.738. The summed E-state index contributed by atoms with van der Waals surface area (Å²) in [6, 6.07) is 0. The Balaban J connectivity index is 2.78. The predicted octanol–water partition coefficient (Wildman–Crippen LogP) is 2.10. The van der Waals surface area contributed by atoms with Gasteiger partial charge in [-0.1, -0.05) is 15.9 Å². The van der Waals surface area contributed by atoms with Gasteiger partial charge in [0.05, 0.1) is 11.4 Å². The van der Waals surface area contributed by atoms with Gasteiger partial charge < -0.3 is 4.90 Å². The van der Waals surface area contributed by atoms with Crippen molar-refractivity contribution >= 4 is 21.9 Å². The molecule has 0 unspecified atom stereocenters. The van der Waals surface area contributed by atoms with E-state index in [4.69, 9.17) is 0 Å². The largest absolute Gasteiger partial charge is 0.340 e. The Bertz CT molecular complexity index is 316. The minimum absolute atomic E-state index is 0.738. The summed E-state index contributed by atoms with van der Waals surface area (Å²) >= 11 is 3.42. The van der Waals surface area contributed by atoms with E-state index in [0.717, 1.165) is 42.2 Å². The highest BCUT2D eigenvalue weighted by Gasteiger charge is 2.08. The third-order valence-electron chi connectivity index (χ3n) is 2.31. The fraction of sp³-hybridized carbons (Fsp3) is 0.700. The fourth-order valence-electron chi connectivity index (χ4n) is 1.23. The molecule has 84 valence electrons. The van der Waals surface area contributed by atoms with Gasteiger partial charge in [0.25, 0.3) is 0 Å². The van der Waals surface area contributed by atoms with Crippen LogP contribution in [-0.2, 0) is 0 Å². The predicted molar refractivity (Wildman–Crippen MR) is 65.6 cm³/mol. The Morgan fingerprint density at radius 2 is 1.93 bits per heavy atom. The summed E-state index contributed by atoms with van der Waals surface area (Å²) in [5, 5.41) is 9.20. The normalized spacial score (nSPS) is 10.4. The average molecular weight is 273 g/mol. The van der Waals surface area contributed by atoms with Gasteiger partial charge in [-0.2, -0.15) is 5.10 Å². The Morgan fingerprint density at radius 1 is 1.20 bits per heavy atom. The van der Waals surface area contributed by atoms with Gasteiger partial charge in [-0.15, -0.1) is 5.10 Å². The van der Waals surface area contributed by atoms with Crippen LogP contribution in [-0.4, -0.2) is 33.6 Å². The fourth-order valence-corrected chi connectivity index (χ4v) is 1.48. The van der Waals surface area contributed by atoms with E-state index < -0.39 is 0 Å². The first-order valence-corrected chi connectivity index (χ1v) is 6.30. The van der Waals surface area contributed by atoms with E-state index in [1.807, 2.05) is 13.8 Å². The monoisotopic (exact) mass is 272 g/mol. The summed E-state index contributed by atoms with van der Waals surface area (Å²) in [6.07, 6.45) is 1.09. The number of nitrogens with zero attached hydrogens (tertiary/aromatic N) is 4. The molecule has 0 aliphatic carbocycles. The Labute approximate surface area is 99.2 Å². The van der Waals surface area contributed by atoms with Crippen LogP contribution in [0.3, 0.4) is 0 Å². The molecule has 0 radical (unpaired) electrons. The SMILES string of the molecule is CCN(CCCBr)c1nnc(C)c(C)n1. The van der Waals surface area contributed by atoms with E-state index in [2.05, 4.69) is 42.9 Å². The molecule has 1 heterocycles. The first kappa shape index (κ1) is 12.4. The number of hydrogen-bond acceptors (Lipinski definition) is 4. The maximum absolute atomic E-state index is 4.43. The molecule has 0 saturated heterocycles. The number of halogens is 1. The molecule has 0 fully saturated rings. The number of aryl methyl sites for hydroxylation is 2. The molecule has 0 aromatic carbocycles. The Hall–Kier alpha value is -0.710. The van der Waals surface area contributed by atoms with Crippen molar-refractivity contribution in [3.05, 3.63) is 11.4 Å². The summed E-state index contributed by atoms with van der Waals surface area (Å²) in [5.41, 5.74) is 1.85. The van der Waals surface area contributed by atoms with Gasteiger partial charge >= 0.3 is 0 Å². The van der Waals surface area contributed by atoms with Crippen LogP contribution in [0, 0.1) is 13.8 Å². The zero-order valence-electron chi connectivity index (χ0n) is 9.50. The Kier molecular flexibility index (Phi) is 4.94. The molecule has 0 atom stereocenters. The number of hydrogen-bond donors (Lipinski definition) is 0. The Morgan fingerprint density at radius 3 is 2.47 bits per heavy atom. The number of aromatic nitrogens is 3. The van der Waals surface area contributed by atoms with Crippen molar-refractivity contribution in [3.8, 4) is 0 Å². The van der Waals surface area contributed by atoms with Crippen molar-refractivity contribution < 1.29 is 0 Å². The molecule has 0 amide bonds. The van der Waals surface area contributed by atoms with Crippen LogP contribution in [0.5, 0.6) is 0 Å². The molecule has 0 spiro atoms. The molecular weight excluding hydrogens is 256 g/mol. The molecular formula is C10H17BrN4.